The summed E-state index contributed by atoms with van der Waals surface area (Å²) in [5.74, 6) is -5.71. The van der Waals surface area contributed by atoms with Crippen LogP contribution in [0.25, 0.3) is 0 Å². The smallest absolute Gasteiger partial charge is 0.326 e. The molecule has 16 heteroatoms. The van der Waals surface area contributed by atoms with Crippen LogP contribution < -0.4 is 26.6 Å². The van der Waals surface area contributed by atoms with Gasteiger partial charge in [0.15, 0.2) is 0 Å². The van der Waals surface area contributed by atoms with Crippen molar-refractivity contribution in [3.05, 3.63) is 0 Å². The van der Waals surface area contributed by atoms with Gasteiger partial charge < -0.3 is 46.4 Å². The third-order valence-electron chi connectivity index (χ3n) is 5.87. The normalized spacial score (nSPS) is 13.3. The highest BCUT2D eigenvalue weighted by atomic mass is 16.4. The van der Waals surface area contributed by atoms with Crippen molar-refractivity contribution in [1.82, 2.24) is 26.6 Å². The topological polar surface area (TPSA) is 254 Å². The van der Waals surface area contributed by atoms with Crippen molar-refractivity contribution in [2.75, 3.05) is 6.54 Å². The Kier molecular flexibility index (Phi) is 19.2. The minimum atomic E-state index is -1.45. The fraction of sp³-hybridized carbons (Fsp3) is 0.654. The van der Waals surface area contributed by atoms with E-state index < -0.39 is 59.7 Å². The van der Waals surface area contributed by atoms with E-state index in [9.17, 15) is 48.3 Å². The average molecular weight is 600 g/mol. The molecular weight excluding hydrogens is 558 g/mol. The van der Waals surface area contributed by atoms with Crippen LogP contribution in [0, 0.1) is 0 Å². The second-order valence-electron chi connectivity index (χ2n) is 9.53. The Morgan fingerprint density at radius 1 is 0.619 bits per heavy atom. The number of carbonyl (C=O) groups excluding carboxylic acids is 7. The molecule has 0 aromatic heterocycles. The number of aliphatic carboxylic acids is 2. The maximum absolute atomic E-state index is 12.3. The van der Waals surface area contributed by atoms with Crippen LogP contribution in [0.2, 0.25) is 0 Å². The van der Waals surface area contributed by atoms with Crippen LogP contribution in [0.3, 0.4) is 0 Å². The highest BCUT2D eigenvalue weighted by Crippen LogP contribution is 2.04. The molecule has 0 aliphatic heterocycles. The predicted molar refractivity (Wildman–Crippen MR) is 146 cm³/mol. The Hall–Kier alpha value is -4.37. The van der Waals surface area contributed by atoms with E-state index in [0.29, 0.717) is 19.1 Å². The summed E-state index contributed by atoms with van der Waals surface area (Å²) < 4.78 is 0. The van der Waals surface area contributed by atoms with E-state index in [1.807, 2.05) is 6.92 Å². The zero-order chi connectivity index (χ0) is 32.1. The third kappa shape index (κ3) is 18.1. The van der Waals surface area contributed by atoms with Crippen molar-refractivity contribution in [3.63, 3.8) is 0 Å². The van der Waals surface area contributed by atoms with E-state index in [4.69, 9.17) is 5.11 Å². The summed E-state index contributed by atoms with van der Waals surface area (Å²) in [5.41, 5.74) is 0. The van der Waals surface area contributed by atoms with Gasteiger partial charge in [0.05, 0.1) is 12.1 Å². The molecule has 0 rings (SSSR count). The van der Waals surface area contributed by atoms with Gasteiger partial charge in [-0.25, -0.2) is 9.59 Å². The Balaban J connectivity index is 4.64. The molecule has 7 N–H and O–H groups in total. The maximum Gasteiger partial charge on any atom is 0.326 e. The van der Waals surface area contributed by atoms with Crippen LogP contribution in [0.4, 0.5) is 0 Å². The highest BCUT2D eigenvalue weighted by molar-refractivity contribution is 5.86. The van der Waals surface area contributed by atoms with Crippen LogP contribution in [-0.2, 0) is 43.2 Å². The van der Waals surface area contributed by atoms with Crippen molar-refractivity contribution in [2.24, 2.45) is 0 Å². The molecule has 16 nitrogen and oxygen atoms in total. The minimum Gasteiger partial charge on any atom is -0.480 e. The summed E-state index contributed by atoms with van der Waals surface area (Å²) in [6, 6.07) is -4.80. The molecule has 0 aliphatic rings. The molecule has 0 fully saturated rings. The van der Waals surface area contributed by atoms with Gasteiger partial charge in [-0.1, -0.05) is 13.3 Å². The van der Waals surface area contributed by atoms with Gasteiger partial charge in [-0.05, 0) is 32.1 Å². The van der Waals surface area contributed by atoms with Gasteiger partial charge in [-0.3, -0.25) is 24.0 Å². The molecule has 0 aromatic rings. The van der Waals surface area contributed by atoms with Crippen molar-refractivity contribution >= 4 is 54.0 Å². The Morgan fingerprint density at radius 3 is 1.43 bits per heavy atom. The van der Waals surface area contributed by atoms with E-state index in [-0.39, 0.29) is 57.3 Å². The van der Waals surface area contributed by atoms with Crippen LogP contribution in [-0.4, -0.2) is 95.0 Å². The number of hydrogen-bond acceptors (Lipinski definition) is 9. The molecule has 0 radical (unpaired) electrons. The number of amides is 5. The quantitative estimate of drug-likeness (QED) is 0.0528. The number of hydrogen-bond donors (Lipinski definition) is 7. The third-order valence-corrected chi connectivity index (χ3v) is 5.87. The molecule has 5 amide bonds. The lowest BCUT2D eigenvalue weighted by Crippen LogP contribution is -2.44. The molecule has 0 bridgehead atoms. The second-order valence-corrected chi connectivity index (χ2v) is 9.53. The Bertz CT molecular complexity index is 972. The summed E-state index contributed by atoms with van der Waals surface area (Å²) in [4.78, 5) is 105. The molecule has 0 aromatic carbocycles. The van der Waals surface area contributed by atoms with Gasteiger partial charge in [0.2, 0.25) is 29.5 Å². The van der Waals surface area contributed by atoms with Gasteiger partial charge in [-0.2, -0.15) is 0 Å². The fourth-order valence-electron chi connectivity index (χ4n) is 3.55. The number of nitrogens with one attached hydrogen (secondary N) is 5. The molecule has 1 unspecified atom stereocenters. The number of rotatable bonds is 23. The van der Waals surface area contributed by atoms with Gasteiger partial charge in [-0.15, -0.1) is 0 Å². The monoisotopic (exact) mass is 599 g/mol. The molecule has 0 saturated heterocycles. The largest absolute Gasteiger partial charge is 0.480 e. The Morgan fingerprint density at radius 2 is 1.02 bits per heavy atom. The van der Waals surface area contributed by atoms with Crippen molar-refractivity contribution in [1.29, 1.82) is 0 Å². The first-order valence-corrected chi connectivity index (χ1v) is 13.6. The molecule has 4 atom stereocenters. The molecule has 0 saturated carbocycles. The lowest BCUT2D eigenvalue weighted by Gasteiger charge is -2.17. The zero-order valence-electron chi connectivity index (χ0n) is 23.8. The van der Waals surface area contributed by atoms with Crippen LogP contribution in [0.5, 0.6) is 0 Å². The predicted octanol–water partition coefficient (Wildman–Crippen LogP) is -1.45. The summed E-state index contributed by atoms with van der Waals surface area (Å²) in [6.07, 6.45) is 0.906. The van der Waals surface area contributed by atoms with Crippen molar-refractivity contribution < 1.29 is 53.4 Å². The molecule has 236 valence electrons. The minimum absolute atomic E-state index is 0.0172. The first-order chi connectivity index (χ1) is 19.8. The molecule has 0 spiro atoms. The average Bonchev–Trinajstić information content (AvgIpc) is 2.92. The first-order valence-electron chi connectivity index (χ1n) is 13.6. The maximum atomic E-state index is 12.3. The summed E-state index contributed by atoms with van der Waals surface area (Å²) in [7, 11) is 0. The van der Waals surface area contributed by atoms with Crippen LogP contribution >= 0.6 is 0 Å². The lowest BCUT2D eigenvalue weighted by molar-refractivity contribution is -0.142. The number of carboxylic acid groups (broad SMARTS) is 2. The van der Waals surface area contributed by atoms with Crippen molar-refractivity contribution in [3.8, 4) is 0 Å². The van der Waals surface area contributed by atoms with E-state index in [0.717, 1.165) is 19.8 Å². The van der Waals surface area contributed by atoms with E-state index in [1.54, 1.807) is 0 Å². The lowest BCUT2D eigenvalue weighted by atomic mass is 10.1. The summed E-state index contributed by atoms with van der Waals surface area (Å²) in [6.45, 7) is 3.60. The van der Waals surface area contributed by atoms with Crippen LogP contribution in [0.15, 0.2) is 0 Å². The Labute approximate surface area is 243 Å². The number of carbonyl (C=O) groups is 9. The van der Waals surface area contributed by atoms with Gasteiger partial charge in [0.25, 0.3) is 0 Å². The number of aldehydes is 2. The fourth-order valence-corrected chi connectivity index (χ4v) is 3.55. The van der Waals surface area contributed by atoms with Gasteiger partial charge in [0.1, 0.15) is 24.7 Å². The highest BCUT2D eigenvalue weighted by Gasteiger charge is 2.24. The summed E-state index contributed by atoms with van der Waals surface area (Å²) in [5, 5.41) is 30.3. The number of carboxylic acids is 2. The number of unbranched alkanes of at least 4 members (excludes halogenated alkanes) is 1. The molecule has 0 aliphatic carbocycles. The van der Waals surface area contributed by atoms with E-state index in [2.05, 4.69) is 26.6 Å². The van der Waals surface area contributed by atoms with E-state index >= 15 is 0 Å². The van der Waals surface area contributed by atoms with Gasteiger partial charge in [0, 0.05) is 39.2 Å². The van der Waals surface area contributed by atoms with Gasteiger partial charge >= 0.3 is 11.9 Å². The molecule has 0 heterocycles. The SMILES string of the molecule is CCCCNC(=O)CC[C@@H](C=O)NC(=O)CC[C@H](NC(=O)CC[C@@H](C=O)NC(=O)CCC(NC(C)=O)C(=O)O)C(=O)O. The zero-order valence-corrected chi connectivity index (χ0v) is 23.8. The second kappa shape index (κ2) is 21.4. The van der Waals surface area contributed by atoms with Crippen molar-refractivity contribution in [2.45, 2.75) is 102 Å². The summed E-state index contributed by atoms with van der Waals surface area (Å²) >= 11 is 0. The molecule has 42 heavy (non-hydrogen) atoms. The first kappa shape index (κ1) is 37.6. The molecular formula is C26H41N5O11. The standard InChI is InChI=1S/C26H41N5O11/c1-3-4-13-27-21(35)9-5-17(14-32)29-23(37)12-8-20(26(41)42)31-24(38)10-6-18(15-33)30-22(36)11-7-19(25(39)40)28-16(2)34/h14-15,17-20H,3-13H2,1-2H3,(H,27,35)(H,28,34)(H,29,37)(H,30,36)(H,31,38)(H,39,40)(H,41,42)/t17-,18-,19?,20-/m0/s1. The van der Waals surface area contributed by atoms with E-state index in [1.165, 1.54) is 0 Å². The van der Waals surface area contributed by atoms with Crippen LogP contribution in [0.1, 0.15) is 78.1 Å².